The molecule has 2 heterocycles. The van der Waals surface area contributed by atoms with Crippen LogP contribution in [0, 0.1) is 5.82 Å². The van der Waals surface area contributed by atoms with Gasteiger partial charge in [0.2, 0.25) is 5.91 Å². The molecule has 3 aromatic rings. The summed E-state index contributed by atoms with van der Waals surface area (Å²) in [6.45, 7) is 2.78. The minimum atomic E-state index is -0.438. The fourth-order valence-corrected chi connectivity index (χ4v) is 3.96. The van der Waals surface area contributed by atoms with Crippen molar-refractivity contribution in [2.24, 2.45) is 5.73 Å². The average Bonchev–Trinajstić information content (AvgIpc) is 2.76. The van der Waals surface area contributed by atoms with E-state index in [2.05, 4.69) is 11.0 Å². The second kappa shape index (κ2) is 8.53. The molecule has 0 radical (unpaired) electrons. The molecule has 1 aliphatic rings. The summed E-state index contributed by atoms with van der Waals surface area (Å²) in [7, 11) is 0. The highest BCUT2D eigenvalue weighted by Gasteiger charge is 2.22. The molecule has 2 N–H and O–H groups in total. The zero-order valence-electron chi connectivity index (χ0n) is 16.2. The highest BCUT2D eigenvalue weighted by atomic mass is 19.1. The van der Waals surface area contributed by atoms with Crippen LogP contribution in [0.3, 0.4) is 0 Å². The van der Waals surface area contributed by atoms with E-state index in [1.807, 2.05) is 36.4 Å². The van der Waals surface area contributed by atoms with Crippen LogP contribution in [0.1, 0.15) is 40.4 Å². The Morgan fingerprint density at radius 2 is 1.90 bits per heavy atom. The van der Waals surface area contributed by atoms with Gasteiger partial charge >= 0.3 is 0 Å². The van der Waals surface area contributed by atoms with Gasteiger partial charge < -0.3 is 5.73 Å². The Balaban J connectivity index is 1.51. The van der Waals surface area contributed by atoms with Gasteiger partial charge in [0.25, 0.3) is 0 Å². The second-order valence-corrected chi connectivity index (χ2v) is 7.59. The number of aromatic nitrogens is 1. The summed E-state index contributed by atoms with van der Waals surface area (Å²) in [6.07, 6.45) is 2.20. The fourth-order valence-electron chi connectivity index (χ4n) is 3.96. The summed E-state index contributed by atoms with van der Waals surface area (Å²) in [5.41, 5.74) is 9.82. The summed E-state index contributed by atoms with van der Waals surface area (Å²) in [5, 5.41) is 0. The molecule has 0 bridgehead atoms. The van der Waals surface area contributed by atoms with Gasteiger partial charge in [-0.05, 0) is 61.3 Å². The molecule has 1 fully saturated rings. The molecule has 4 rings (SSSR count). The van der Waals surface area contributed by atoms with Crippen LogP contribution >= 0.6 is 0 Å². The highest BCUT2D eigenvalue weighted by Crippen LogP contribution is 2.28. The Morgan fingerprint density at radius 1 is 1.10 bits per heavy atom. The lowest BCUT2D eigenvalue weighted by molar-refractivity contribution is 0.100. The molecule has 1 unspecified atom stereocenters. The number of nitrogens with zero attached hydrogens (tertiary/aromatic N) is 2. The van der Waals surface area contributed by atoms with Crippen LogP contribution in [0.2, 0.25) is 0 Å². The van der Waals surface area contributed by atoms with E-state index in [9.17, 15) is 9.18 Å². The Bertz CT molecular complexity index is 1000. The third-order valence-corrected chi connectivity index (χ3v) is 5.46. The van der Waals surface area contributed by atoms with Crippen molar-refractivity contribution in [2.45, 2.75) is 25.3 Å². The third-order valence-electron chi connectivity index (χ3n) is 5.46. The summed E-state index contributed by atoms with van der Waals surface area (Å²) in [6, 6.07) is 20.1. The van der Waals surface area contributed by atoms with E-state index in [1.54, 1.807) is 12.1 Å². The van der Waals surface area contributed by atoms with Crippen LogP contribution in [0.15, 0.2) is 66.7 Å². The molecule has 2 aromatic carbocycles. The maximum atomic E-state index is 13.1. The Labute approximate surface area is 170 Å². The Kier molecular flexibility index (Phi) is 5.67. The van der Waals surface area contributed by atoms with Gasteiger partial charge in [0, 0.05) is 35.8 Å². The monoisotopic (exact) mass is 389 g/mol. The van der Waals surface area contributed by atoms with Gasteiger partial charge in [0.05, 0.1) is 5.69 Å². The van der Waals surface area contributed by atoms with E-state index in [4.69, 9.17) is 10.7 Å². The van der Waals surface area contributed by atoms with E-state index >= 15 is 0 Å². The lowest BCUT2D eigenvalue weighted by Gasteiger charge is -2.32. The topological polar surface area (TPSA) is 59.2 Å². The summed E-state index contributed by atoms with van der Waals surface area (Å²) >= 11 is 0. The lowest BCUT2D eigenvalue weighted by Crippen LogP contribution is -2.34. The highest BCUT2D eigenvalue weighted by molar-refractivity contribution is 5.93. The quantitative estimate of drug-likeness (QED) is 0.705. The van der Waals surface area contributed by atoms with E-state index < -0.39 is 5.91 Å². The molecule has 0 saturated carbocycles. The maximum absolute atomic E-state index is 13.1. The first kappa shape index (κ1) is 19.3. The van der Waals surface area contributed by atoms with Crippen molar-refractivity contribution >= 4 is 5.91 Å². The van der Waals surface area contributed by atoms with Crippen molar-refractivity contribution < 1.29 is 9.18 Å². The number of carbonyl (C=O) groups is 1. The number of rotatable bonds is 5. The number of primary amides is 1. The number of likely N-dealkylation sites (tertiary alicyclic amines) is 1. The first-order valence-electron chi connectivity index (χ1n) is 9.92. The molecular formula is C24H24FN3O. The van der Waals surface area contributed by atoms with Crippen LogP contribution < -0.4 is 5.73 Å². The number of hydrogen-bond acceptors (Lipinski definition) is 3. The summed E-state index contributed by atoms with van der Waals surface area (Å²) < 4.78 is 13.1. The molecule has 29 heavy (non-hydrogen) atoms. The zero-order chi connectivity index (χ0) is 20.2. The van der Waals surface area contributed by atoms with Crippen LogP contribution in [0.25, 0.3) is 11.3 Å². The van der Waals surface area contributed by atoms with E-state index in [1.165, 1.54) is 12.1 Å². The maximum Gasteiger partial charge on any atom is 0.248 e. The minimum Gasteiger partial charge on any atom is -0.366 e. The largest absolute Gasteiger partial charge is 0.366 e. The van der Waals surface area contributed by atoms with Gasteiger partial charge in [0.15, 0.2) is 0 Å². The predicted molar refractivity (Wildman–Crippen MR) is 112 cm³/mol. The molecule has 148 valence electrons. The molecule has 5 heteroatoms. The van der Waals surface area contributed by atoms with Crippen LogP contribution in [0.5, 0.6) is 0 Å². The van der Waals surface area contributed by atoms with Gasteiger partial charge in [-0.1, -0.05) is 30.3 Å². The Morgan fingerprint density at radius 3 is 2.69 bits per heavy atom. The van der Waals surface area contributed by atoms with Crippen molar-refractivity contribution in [3.63, 3.8) is 0 Å². The van der Waals surface area contributed by atoms with Crippen LogP contribution in [-0.2, 0) is 6.54 Å². The second-order valence-electron chi connectivity index (χ2n) is 7.59. The number of hydrogen-bond donors (Lipinski definition) is 1. The number of benzene rings is 2. The number of nitrogens with two attached hydrogens (primary N) is 1. The number of pyridine rings is 1. The number of halogens is 1. The zero-order valence-corrected chi connectivity index (χ0v) is 16.2. The van der Waals surface area contributed by atoms with Gasteiger partial charge in [-0.3, -0.25) is 14.7 Å². The first-order valence-corrected chi connectivity index (χ1v) is 9.92. The van der Waals surface area contributed by atoms with Crippen molar-refractivity contribution in [3.8, 4) is 11.3 Å². The minimum absolute atomic E-state index is 0.202. The standard InChI is InChI=1S/C24H24FN3O/c25-21-11-9-17(10-12-21)15-28-13-3-6-20(16-28)23-8-2-7-22(27-23)18-4-1-5-19(14-18)24(26)29/h1-2,4-5,7-12,14,20H,3,6,13,15-16H2,(H2,26,29). The van der Waals surface area contributed by atoms with Gasteiger partial charge in [-0.2, -0.15) is 0 Å². The molecular weight excluding hydrogens is 365 g/mol. The van der Waals surface area contributed by atoms with Crippen LogP contribution in [0.4, 0.5) is 4.39 Å². The molecule has 1 saturated heterocycles. The van der Waals surface area contributed by atoms with Crippen LogP contribution in [-0.4, -0.2) is 28.9 Å². The van der Waals surface area contributed by atoms with Crippen molar-refractivity contribution in [1.29, 1.82) is 0 Å². The number of carbonyl (C=O) groups excluding carboxylic acids is 1. The van der Waals surface area contributed by atoms with Crippen molar-refractivity contribution in [2.75, 3.05) is 13.1 Å². The molecule has 1 aromatic heterocycles. The van der Waals surface area contributed by atoms with Gasteiger partial charge in [-0.15, -0.1) is 0 Å². The predicted octanol–water partition coefficient (Wildman–Crippen LogP) is 4.37. The summed E-state index contributed by atoms with van der Waals surface area (Å²) in [4.78, 5) is 18.8. The molecule has 4 nitrogen and oxygen atoms in total. The van der Waals surface area contributed by atoms with E-state index in [0.29, 0.717) is 11.5 Å². The molecule has 1 aliphatic heterocycles. The average molecular weight is 389 g/mol. The normalized spacial score (nSPS) is 17.2. The summed E-state index contributed by atoms with van der Waals surface area (Å²) in [5.74, 6) is -0.290. The van der Waals surface area contributed by atoms with Gasteiger partial charge in [0.1, 0.15) is 5.82 Å². The number of amides is 1. The molecule has 1 amide bonds. The SMILES string of the molecule is NC(=O)c1cccc(-c2cccc(C3CCCN(Cc4ccc(F)cc4)C3)n2)c1. The smallest absolute Gasteiger partial charge is 0.248 e. The van der Waals surface area contributed by atoms with Crippen molar-refractivity contribution in [1.82, 2.24) is 9.88 Å². The number of piperidine rings is 1. The lowest BCUT2D eigenvalue weighted by atomic mass is 9.93. The van der Waals surface area contributed by atoms with Gasteiger partial charge in [-0.25, -0.2) is 4.39 Å². The van der Waals surface area contributed by atoms with E-state index in [-0.39, 0.29) is 5.82 Å². The first-order chi connectivity index (χ1) is 14.1. The molecule has 0 aliphatic carbocycles. The third kappa shape index (κ3) is 4.69. The van der Waals surface area contributed by atoms with E-state index in [0.717, 1.165) is 55.0 Å². The fraction of sp³-hybridized carbons (Fsp3) is 0.250. The van der Waals surface area contributed by atoms with Crippen molar-refractivity contribution in [3.05, 3.63) is 89.4 Å². The molecule has 0 spiro atoms. The molecule has 1 atom stereocenters. The Hall–Kier alpha value is -3.05.